The molecule has 3 N–H and O–H groups in total. The highest BCUT2D eigenvalue weighted by Crippen LogP contribution is 2.31. The fourth-order valence-electron chi connectivity index (χ4n) is 2.08. The normalized spacial score (nSPS) is 12.7. The number of aryl methyl sites for hydroxylation is 1. The predicted octanol–water partition coefficient (Wildman–Crippen LogP) is 0.729. The smallest absolute Gasteiger partial charge is 0.339 e. The fraction of sp³-hybridized carbons (Fsp3) is 0.286. The minimum atomic E-state index is -4.75. The van der Waals surface area contributed by atoms with Gasteiger partial charge in [-0.05, 0) is 19.1 Å². The zero-order chi connectivity index (χ0) is 17.9. The fourth-order valence-corrected chi connectivity index (χ4v) is 2.08. The standard InChI is InChI=1S/C14H13F3N4O3/c1-7-8(12(23)21-13(24)19-7)6-10(22)20-11(14(15,16)17)9-4-2-3-5-18-9/h2-5,11H,6H2,1H3,(H,20,22)(H2,19,21,23,24). The molecule has 1 atom stereocenters. The lowest BCUT2D eigenvalue weighted by atomic mass is 10.1. The van der Waals surface area contributed by atoms with E-state index in [9.17, 15) is 27.6 Å². The summed E-state index contributed by atoms with van der Waals surface area (Å²) in [4.78, 5) is 42.5. The Bertz CT molecular complexity index is 843. The number of nitrogens with zero attached hydrogens (tertiary/aromatic N) is 1. The summed E-state index contributed by atoms with van der Waals surface area (Å²) in [6.45, 7) is 1.37. The van der Waals surface area contributed by atoms with Crippen molar-refractivity contribution in [3.63, 3.8) is 0 Å². The lowest BCUT2D eigenvalue weighted by Gasteiger charge is -2.21. The molecular weight excluding hydrogens is 329 g/mol. The molecule has 0 spiro atoms. The molecule has 0 fully saturated rings. The van der Waals surface area contributed by atoms with E-state index in [-0.39, 0.29) is 17.0 Å². The Kier molecular flexibility index (Phi) is 4.86. The molecule has 128 valence electrons. The van der Waals surface area contributed by atoms with E-state index in [4.69, 9.17) is 0 Å². The summed E-state index contributed by atoms with van der Waals surface area (Å²) in [5.74, 6) is -1.02. The molecule has 7 nitrogen and oxygen atoms in total. The van der Waals surface area contributed by atoms with Crippen molar-refractivity contribution in [2.24, 2.45) is 0 Å². The van der Waals surface area contributed by atoms with Crippen molar-refractivity contribution in [1.29, 1.82) is 0 Å². The number of carbonyl (C=O) groups is 1. The summed E-state index contributed by atoms with van der Waals surface area (Å²) >= 11 is 0. The molecule has 10 heteroatoms. The topological polar surface area (TPSA) is 108 Å². The van der Waals surface area contributed by atoms with Crippen LogP contribution >= 0.6 is 0 Å². The summed E-state index contributed by atoms with van der Waals surface area (Å²) in [6, 6.07) is 1.65. The van der Waals surface area contributed by atoms with E-state index in [1.54, 1.807) is 0 Å². The maximum atomic E-state index is 13.1. The van der Waals surface area contributed by atoms with Gasteiger partial charge in [0.1, 0.15) is 0 Å². The monoisotopic (exact) mass is 342 g/mol. The van der Waals surface area contributed by atoms with E-state index >= 15 is 0 Å². The van der Waals surface area contributed by atoms with Crippen LogP contribution in [-0.4, -0.2) is 27.0 Å². The molecule has 0 aliphatic carbocycles. The number of aromatic amines is 2. The zero-order valence-electron chi connectivity index (χ0n) is 12.4. The number of nitrogens with one attached hydrogen (secondary N) is 3. The van der Waals surface area contributed by atoms with Crippen LogP contribution in [0.3, 0.4) is 0 Å². The quantitative estimate of drug-likeness (QED) is 0.761. The third kappa shape index (κ3) is 4.09. The van der Waals surface area contributed by atoms with E-state index in [2.05, 4.69) is 9.97 Å². The van der Waals surface area contributed by atoms with Crippen LogP contribution in [0, 0.1) is 6.92 Å². The van der Waals surface area contributed by atoms with E-state index in [1.807, 2.05) is 10.3 Å². The predicted molar refractivity (Wildman–Crippen MR) is 77.3 cm³/mol. The van der Waals surface area contributed by atoms with Gasteiger partial charge in [-0.15, -0.1) is 0 Å². The summed E-state index contributed by atoms with van der Waals surface area (Å²) in [7, 11) is 0. The van der Waals surface area contributed by atoms with Gasteiger partial charge >= 0.3 is 11.9 Å². The number of pyridine rings is 1. The number of halogens is 3. The summed E-state index contributed by atoms with van der Waals surface area (Å²) < 4.78 is 39.4. The molecule has 24 heavy (non-hydrogen) atoms. The molecule has 1 unspecified atom stereocenters. The number of hydrogen-bond acceptors (Lipinski definition) is 4. The molecule has 2 aromatic heterocycles. The minimum absolute atomic E-state index is 0.111. The highest BCUT2D eigenvalue weighted by molar-refractivity contribution is 5.79. The highest BCUT2D eigenvalue weighted by atomic mass is 19.4. The molecule has 0 aliphatic rings. The van der Waals surface area contributed by atoms with Crippen molar-refractivity contribution in [3.8, 4) is 0 Å². The number of rotatable bonds is 4. The Balaban J connectivity index is 2.24. The van der Waals surface area contributed by atoms with E-state index in [1.165, 1.54) is 25.3 Å². The molecule has 1 amide bonds. The second kappa shape index (κ2) is 6.69. The van der Waals surface area contributed by atoms with Gasteiger partial charge in [0.2, 0.25) is 5.91 Å². The Morgan fingerprint density at radius 2 is 2.00 bits per heavy atom. The van der Waals surface area contributed by atoms with Crippen LogP contribution in [0.5, 0.6) is 0 Å². The lowest BCUT2D eigenvalue weighted by molar-refractivity contribution is -0.164. The van der Waals surface area contributed by atoms with Gasteiger partial charge in [-0.25, -0.2) is 4.79 Å². The number of hydrogen-bond donors (Lipinski definition) is 3. The van der Waals surface area contributed by atoms with E-state index < -0.39 is 35.8 Å². The third-order valence-corrected chi connectivity index (χ3v) is 3.21. The molecule has 0 saturated carbocycles. The van der Waals surface area contributed by atoms with Gasteiger partial charge in [0.25, 0.3) is 5.56 Å². The van der Waals surface area contributed by atoms with Gasteiger partial charge in [0.05, 0.1) is 12.1 Å². The first-order valence-electron chi connectivity index (χ1n) is 6.77. The van der Waals surface area contributed by atoms with Gasteiger partial charge < -0.3 is 10.3 Å². The summed E-state index contributed by atoms with van der Waals surface area (Å²) in [6.07, 6.45) is -4.19. The van der Waals surface area contributed by atoms with Gasteiger partial charge in [0.15, 0.2) is 6.04 Å². The second-order valence-electron chi connectivity index (χ2n) is 4.99. The van der Waals surface area contributed by atoms with Crippen LogP contribution in [0.1, 0.15) is 23.0 Å². The molecule has 0 radical (unpaired) electrons. The number of H-pyrrole nitrogens is 2. The van der Waals surface area contributed by atoms with Crippen LogP contribution in [-0.2, 0) is 11.2 Å². The van der Waals surface area contributed by atoms with Crippen LogP contribution in [0.2, 0.25) is 0 Å². The molecule has 0 aliphatic heterocycles. The Hall–Kier alpha value is -2.91. The molecule has 0 saturated heterocycles. The largest absolute Gasteiger partial charge is 0.414 e. The summed E-state index contributed by atoms with van der Waals surface area (Å²) in [5.41, 5.74) is -1.96. The molecular formula is C14H13F3N4O3. The zero-order valence-corrected chi connectivity index (χ0v) is 12.4. The Labute approximate surface area is 133 Å². The maximum Gasteiger partial charge on any atom is 0.414 e. The number of aromatic nitrogens is 3. The third-order valence-electron chi connectivity index (χ3n) is 3.21. The van der Waals surface area contributed by atoms with Crippen molar-refractivity contribution in [2.75, 3.05) is 0 Å². The number of alkyl halides is 3. The first-order chi connectivity index (χ1) is 11.2. The van der Waals surface area contributed by atoms with Crippen molar-refractivity contribution in [3.05, 3.63) is 62.2 Å². The summed E-state index contributed by atoms with van der Waals surface area (Å²) in [5, 5.41) is 1.82. The molecule has 2 aromatic rings. The van der Waals surface area contributed by atoms with Crippen molar-refractivity contribution in [1.82, 2.24) is 20.3 Å². The van der Waals surface area contributed by atoms with Gasteiger partial charge in [-0.1, -0.05) is 6.07 Å². The Morgan fingerprint density at radius 3 is 2.54 bits per heavy atom. The first kappa shape index (κ1) is 17.4. The first-order valence-corrected chi connectivity index (χ1v) is 6.77. The van der Waals surface area contributed by atoms with Crippen molar-refractivity contribution < 1.29 is 18.0 Å². The molecule has 2 rings (SSSR count). The van der Waals surface area contributed by atoms with Crippen LogP contribution < -0.4 is 16.6 Å². The average Bonchev–Trinajstić information content (AvgIpc) is 2.48. The van der Waals surface area contributed by atoms with Crippen LogP contribution in [0.4, 0.5) is 13.2 Å². The number of carbonyl (C=O) groups excluding carboxylic acids is 1. The maximum absolute atomic E-state index is 13.1. The molecule has 2 heterocycles. The minimum Gasteiger partial charge on any atom is -0.339 e. The number of amides is 1. The van der Waals surface area contributed by atoms with Crippen molar-refractivity contribution in [2.45, 2.75) is 25.6 Å². The van der Waals surface area contributed by atoms with Gasteiger partial charge in [-0.3, -0.25) is 19.6 Å². The molecule has 0 bridgehead atoms. The molecule has 0 aromatic carbocycles. The van der Waals surface area contributed by atoms with E-state index in [0.717, 1.165) is 6.07 Å². The van der Waals surface area contributed by atoms with Crippen molar-refractivity contribution >= 4 is 5.91 Å². The highest BCUT2D eigenvalue weighted by Gasteiger charge is 2.42. The van der Waals surface area contributed by atoms with E-state index in [0.29, 0.717) is 0 Å². The average molecular weight is 342 g/mol. The SMILES string of the molecule is Cc1[nH]c(=O)[nH]c(=O)c1CC(=O)NC(c1ccccn1)C(F)(F)F. The lowest BCUT2D eigenvalue weighted by Crippen LogP contribution is -2.40. The second-order valence-corrected chi connectivity index (χ2v) is 4.99. The van der Waals surface area contributed by atoms with Gasteiger partial charge in [0, 0.05) is 17.5 Å². The van der Waals surface area contributed by atoms with Crippen LogP contribution in [0.25, 0.3) is 0 Å². The van der Waals surface area contributed by atoms with Gasteiger partial charge in [-0.2, -0.15) is 13.2 Å². The Morgan fingerprint density at radius 1 is 1.29 bits per heavy atom. The van der Waals surface area contributed by atoms with Crippen LogP contribution in [0.15, 0.2) is 34.0 Å².